The van der Waals surface area contributed by atoms with Crippen LogP contribution in [0.25, 0.3) is 0 Å². The summed E-state index contributed by atoms with van der Waals surface area (Å²) in [5.74, 6) is 1.23. The first-order valence-corrected chi connectivity index (χ1v) is 10.4. The van der Waals surface area contributed by atoms with Crippen molar-refractivity contribution in [3.8, 4) is 0 Å². The van der Waals surface area contributed by atoms with Crippen molar-refractivity contribution >= 4 is 22.0 Å². The lowest BCUT2D eigenvalue weighted by atomic mass is 9.96. The molecule has 3 heterocycles. The van der Waals surface area contributed by atoms with Crippen LogP contribution in [0, 0.1) is 13.8 Å². The summed E-state index contributed by atoms with van der Waals surface area (Å²) in [6.07, 6.45) is 1.73. The summed E-state index contributed by atoms with van der Waals surface area (Å²) in [5.41, 5.74) is 2.65. The number of rotatable bonds is 5. The lowest BCUT2D eigenvalue weighted by molar-refractivity contribution is 0.296. The smallest absolute Gasteiger partial charge is 0.281 e. The Morgan fingerprint density at radius 1 is 1.15 bits per heavy atom. The molecule has 0 aliphatic carbocycles. The van der Waals surface area contributed by atoms with Gasteiger partial charge in [0, 0.05) is 50.2 Å². The van der Waals surface area contributed by atoms with Gasteiger partial charge in [-0.25, -0.2) is 15.0 Å². The molecule has 0 spiro atoms. The number of aryl methyl sites for hydroxylation is 2. The van der Waals surface area contributed by atoms with E-state index in [-0.39, 0.29) is 5.92 Å². The molecule has 2 aromatic rings. The molecule has 0 saturated carbocycles. The molecule has 0 radical (unpaired) electrons. The molecule has 0 aromatic carbocycles. The van der Waals surface area contributed by atoms with Crippen molar-refractivity contribution in [2.45, 2.75) is 32.6 Å². The summed E-state index contributed by atoms with van der Waals surface area (Å²) in [4.78, 5) is 13.4. The molecule has 27 heavy (non-hydrogen) atoms. The number of nitrogens with zero attached hydrogens (tertiary/aromatic N) is 5. The predicted molar refractivity (Wildman–Crippen MR) is 105 cm³/mol. The highest BCUT2D eigenvalue weighted by Crippen LogP contribution is 2.28. The molecule has 1 unspecified atom stereocenters. The van der Waals surface area contributed by atoms with Crippen LogP contribution in [0.5, 0.6) is 0 Å². The van der Waals surface area contributed by atoms with Crippen LogP contribution < -0.4 is 5.32 Å². The van der Waals surface area contributed by atoms with Crippen LogP contribution >= 0.6 is 0 Å². The largest absolute Gasteiger partial charge is 0.309 e. The number of hydrogen-bond acceptors (Lipinski definition) is 6. The monoisotopic (exact) mass is 390 g/mol. The molecular formula is C18H26N6O2S. The number of aromatic nitrogens is 3. The Kier molecular flexibility index (Phi) is 5.73. The lowest BCUT2D eigenvalue weighted by Crippen LogP contribution is -2.45. The Bertz CT molecular complexity index is 896. The quantitative estimate of drug-likeness (QED) is 0.842. The Labute approximate surface area is 160 Å². The fourth-order valence-corrected chi connectivity index (χ4v) is 4.46. The molecule has 9 heteroatoms. The van der Waals surface area contributed by atoms with Crippen LogP contribution in [0.4, 0.5) is 11.8 Å². The van der Waals surface area contributed by atoms with E-state index in [0.29, 0.717) is 24.9 Å². The van der Waals surface area contributed by atoms with E-state index in [1.165, 1.54) is 8.61 Å². The van der Waals surface area contributed by atoms with Gasteiger partial charge in [0.1, 0.15) is 5.82 Å². The molecule has 1 N–H and O–H groups in total. The van der Waals surface area contributed by atoms with Crippen molar-refractivity contribution in [1.82, 2.24) is 23.6 Å². The minimum Gasteiger partial charge on any atom is -0.309 e. The number of anilines is 2. The second kappa shape index (κ2) is 7.87. The van der Waals surface area contributed by atoms with Gasteiger partial charge >= 0.3 is 0 Å². The van der Waals surface area contributed by atoms with Crippen LogP contribution in [-0.4, -0.2) is 59.2 Å². The highest BCUT2D eigenvalue weighted by Gasteiger charge is 2.31. The van der Waals surface area contributed by atoms with Crippen molar-refractivity contribution in [3.05, 3.63) is 41.3 Å². The van der Waals surface area contributed by atoms with E-state index < -0.39 is 10.2 Å². The van der Waals surface area contributed by atoms with Gasteiger partial charge in [0.25, 0.3) is 10.2 Å². The van der Waals surface area contributed by atoms with E-state index in [4.69, 9.17) is 0 Å². The molecular weight excluding hydrogens is 364 g/mol. The maximum atomic E-state index is 12.4. The summed E-state index contributed by atoms with van der Waals surface area (Å²) in [6.45, 7) is 4.83. The van der Waals surface area contributed by atoms with E-state index in [9.17, 15) is 8.42 Å². The van der Waals surface area contributed by atoms with Crippen molar-refractivity contribution in [1.29, 1.82) is 0 Å². The number of pyridine rings is 1. The number of piperidine rings is 1. The van der Waals surface area contributed by atoms with Crippen molar-refractivity contribution in [2.75, 3.05) is 32.5 Å². The Morgan fingerprint density at radius 2 is 1.85 bits per heavy atom. The van der Waals surface area contributed by atoms with Gasteiger partial charge in [-0.3, -0.25) is 0 Å². The molecule has 0 bridgehead atoms. The molecule has 3 rings (SSSR count). The first-order chi connectivity index (χ1) is 12.8. The molecule has 1 saturated heterocycles. The number of nitrogens with one attached hydrogen (secondary N) is 1. The summed E-state index contributed by atoms with van der Waals surface area (Å²) in [6, 6.07) is 7.65. The summed E-state index contributed by atoms with van der Waals surface area (Å²) in [7, 11) is -0.284. The van der Waals surface area contributed by atoms with Crippen LogP contribution in [0.15, 0.2) is 24.3 Å². The molecule has 2 aromatic heterocycles. The van der Waals surface area contributed by atoms with Crippen molar-refractivity contribution in [2.24, 2.45) is 0 Å². The first-order valence-electron chi connectivity index (χ1n) is 8.99. The molecule has 1 atom stereocenters. The summed E-state index contributed by atoms with van der Waals surface area (Å²) in [5, 5.41) is 3.15. The van der Waals surface area contributed by atoms with E-state index in [1.54, 1.807) is 14.1 Å². The Balaban J connectivity index is 1.78. The average Bonchev–Trinajstić information content (AvgIpc) is 2.61. The minimum atomic E-state index is -3.41. The molecule has 1 aliphatic rings. The molecule has 146 valence electrons. The normalized spacial score (nSPS) is 18.6. The van der Waals surface area contributed by atoms with Crippen LogP contribution in [0.1, 0.15) is 35.8 Å². The third-order valence-electron chi connectivity index (χ3n) is 4.58. The zero-order chi connectivity index (χ0) is 19.6. The van der Waals surface area contributed by atoms with Gasteiger partial charge in [-0.2, -0.15) is 17.0 Å². The van der Waals surface area contributed by atoms with Gasteiger partial charge in [-0.1, -0.05) is 6.07 Å². The first kappa shape index (κ1) is 19.7. The van der Waals surface area contributed by atoms with Gasteiger partial charge in [0.05, 0.1) is 0 Å². The summed E-state index contributed by atoms with van der Waals surface area (Å²) < 4.78 is 27.7. The Morgan fingerprint density at radius 3 is 2.52 bits per heavy atom. The van der Waals surface area contributed by atoms with Crippen LogP contribution in [0.2, 0.25) is 0 Å². The second-order valence-corrected chi connectivity index (χ2v) is 9.18. The number of hydrogen-bond donors (Lipinski definition) is 1. The SMILES string of the molecule is Cc1cc(C)nc(Nc2cccc(C3CCCN(S(=O)(=O)N(C)C)C3)n2)n1. The van der Waals surface area contributed by atoms with Gasteiger partial charge in [-0.05, 0) is 44.9 Å². The average molecular weight is 391 g/mol. The molecule has 1 aliphatic heterocycles. The highest BCUT2D eigenvalue weighted by atomic mass is 32.2. The van der Waals surface area contributed by atoms with Gasteiger partial charge < -0.3 is 5.32 Å². The predicted octanol–water partition coefficient (Wildman–Crippen LogP) is 2.22. The molecule has 1 fully saturated rings. The zero-order valence-corrected chi connectivity index (χ0v) is 17.0. The lowest BCUT2D eigenvalue weighted by Gasteiger charge is -2.33. The minimum absolute atomic E-state index is 0.0652. The topological polar surface area (TPSA) is 91.3 Å². The van der Waals surface area contributed by atoms with Crippen LogP contribution in [-0.2, 0) is 10.2 Å². The summed E-state index contributed by atoms with van der Waals surface area (Å²) >= 11 is 0. The standard InChI is InChI=1S/C18H26N6O2S/c1-13-11-14(2)20-18(19-13)22-17-9-5-8-16(21-17)15-7-6-10-24(12-15)27(25,26)23(3)4/h5,8-9,11,15H,6-7,10,12H2,1-4H3,(H,19,20,21,22). The van der Waals surface area contributed by atoms with E-state index >= 15 is 0 Å². The fourth-order valence-electron chi connectivity index (χ4n) is 3.27. The van der Waals surface area contributed by atoms with Crippen molar-refractivity contribution < 1.29 is 8.42 Å². The van der Waals surface area contributed by atoms with Gasteiger partial charge in [0.15, 0.2) is 0 Å². The van der Waals surface area contributed by atoms with Gasteiger partial charge in [-0.15, -0.1) is 0 Å². The van der Waals surface area contributed by atoms with Gasteiger partial charge in [0.2, 0.25) is 5.95 Å². The third-order valence-corrected chi connectivity index (χ3v) is 6.49. The van der Waals surface area contributed by atoms with E-state index in [0.717, 1.165) is 29.9 Å². The maximum absolute atomic E-state index is 12.4. The molecule has 0 amide bonds. The highest BCUT2D eigenvalue weighted by molar-refractivity contribution is 7.86. The van der Waals surface area contributed by atoms with E-state index in [1.807, 2.05) is 38.1 Å². The second-order valence-electron chi connectivity index (χ2n) is 7.03. The third kappa shape index (κ3) is 4.60. The van der Waals surface area contributed by atoms with Crippen LogP contribution in [0.3, 0.4) is 0 Å². The Hall–Kier alpha value is -2.10. The molecule has 8 nitrogen and oxygen atoms in total. The zero-order valence-electron chi connectivity index (χ0n) is 16.2. The van der Waals surface area contributed by atoms with E-state index in [2.05, 4.69) is 20.3 Å². The maximum Gasteiger partial charge on any atom is 0.281 e. The fraction of sp³-hybridized carbons (Fsp3) is 0.500. The van der Waals surface area contributed by atoms with Crippen molar-refractivity contribution in [3.63, 3.8) is 0 Å².